The average molecular weight is 286 g/mol. The van der Waals surface area contributed by atoms with Gasteiger partial charge in [0.25, 0.3) is 0 Å². The van der Waals surface area contributed by atoms with E-state index in [1.165, 1.54) is 0 Å². The van der Waals surface area contributed by atoms with Gasteiger partial charge in [-0.3, -0.25) is 4.79 Å². The Kier molecular flexibility index (Phi) is 8.26. The van der Waals surface area contributed by atoms with Crippen molar-refractivity contribution in [1.82, 2.24) is 10.6 Å². The molecular weight excluding hydrogens is 256 g/mol. The number of rotatable bonds is 9. The highest BCUT2D eigenvalue weighted by molar-refractivity contribution is 5.74. The van der Waals surface area contributed by atoms with Crippen molar-refractivity contribution >= 4 is 12.0 Å². The van der Waals surface area contributed by atoms with Gasteiger partial charge in [-0.1, -0.05) is 27.2 Å². The quantitative estimate of drug-likeness (QED) is 0.609. The van der Waals surface area contributed by atoms with Gasteiger partial charge in [-0.15, -0.1) is 0 Å². The predicted molar refractivity (Wildman–Crippen MR) is 80.7 cm³/mol. The van der Waals surface area contributed by atoms with Crippen molar-refractivity contribution in [2.45, 2.75) is 65.8 Å². The second-order valence-electron chi connectivity index (χ2n) is 6.56. The molecule has 0 aromatic carbocycles. The van der Waals surface area contributed by atoms with Crippen LogP contribution in [0.3, 0.4) is 0 Å². The lowest BCUT2D eigenvalue weighted by Gasteiger charge is -2.26. The molecule has 0 saturated heterocycles. The van der Waals surface area contributed by atoms with Gasteiger partial charge in [0, 0.05) is 18.5 Å². The van der Waals surface area contributed by atoms with Gasteiger partial charge in [-0.2, -0.15) is 0 Å². The second kappa shape index (κ2) is 8.82. The summed E-state index contributed by atoms with van der Waals surface area (Å²) in [5.41, 5.74) is -0.237. The van der Waals surface area contributed by atoms with Gasteiger partial charge < -0.3 is 15.7 Å². The summed E-state index contributed by atoms with van der Waals surface area (Å²) < 4.78 is 0. The molecule has 0 spiro atoms. The van der Waals surface area contributed by atoms with Crippen molar-refractivity contribution in [1.29, 1.82) is 0 Å². The lowest BCUT2D eigenvalue weighted by molar-refractivity contribution is -0.138. The summed E-state index contributed by atoms with van der Waals surface area (Å²) >= 11 is 0. The van der Waals surface area contributed by atoms with E-state index in [9.17, 15) is 9.59 Å². The molecule has 1 atom stereocenters. The minimum Gasteiger partial charge on any atom is -0.481 e. The minimum absolute atomic E-state index is 0.0208. The maximum Gasteiger partial charge on any atom is 0.315 e. The Morgan fingerprint density at radius 3 is 2.30 bits per heavy atom. The van der Waals surface area contributed by atoms with Crippen LogP contribution in [0.1, 0.15) is 60.3 Å². The first-order valence-corrected chi connectivity index (χ1v) is 7.44. The number of urea groups is 1. The first-order valence-electron chi connectivity index (χ1n) is 7.44. The number of amides is 2. The zero-order valence-corrected chi connectivity index (χ0v) is 13.5. The monoisotopic (exact) mass is 286 g/mol. The Labute approximate surface area is 122 Å². The molecule has 0 heterocycles. The molecule has 0 saturated carbocycles. The summed E-state index contributed by atoms with van der Waals surface area (Å²) in [4.78, 5) is 22.7. The molecule has 2 amide bonds. The molecule has 0 radical (unpaired) electrons. The van der Waals surface area contributed by atoms with Crippen molar-refractivity contribution in [3.05, 3.63) is 0 Å². The topological polar surface area (TPSA) is 78.4 Å². The first-order chi connectivity index (χ1) is 9.16. The maximum absolute atomic E-state index is 11.8. The van der Waals surface area contributed by atoms with Crippen LogP contribution in [0.25, 0.3) is 0 Å². The molecule has 0 aromatic rings. The second-order valence-corrected chi connectivity index (χ2v) is 6.56. The highest BCUT2D eigenvalue weighted by Gasteiger charge is 2.20. The van der Waals surface area contributed by atoms with Crippen LogP contribution in [0, 0.1) is 11.8 Å². The van der Waals surface area contributed by atoms with E-state index in [4.69, 9.17) is 5.11 Å². The van der Waals surface area contributed by atoms with Crippen molar-refractivity contribution in [3.8, 4) is 0 Å². The third-order valence-corrected chi connectivity index (χ3v) is 3.15. The number of aliphatic carboxylic acids is 1. The number of carbonyl (C=O) groups is 2. The van der Waals surface area contributed by atoms with Crippen molar-refractivity contribution < 1.29 is 14.7 Å². The van der Waals surface area contributed by atoms with Gasteiger partial charge in [0.2, 0.25) is 0 Å². The molecule has 0 unspecified atom stereocenters. The van der Waals surface area contributed by atoms with Crippen LogP contribution in [0.15, 0.2) is 0 Å². The Bertz CT molecular complexity index is 314. The van der Waals surface area contributed by atoms with E-state index >= 15 is 0 Å². The van der Waals surface area contributed by atoms with E-state index in [-0.39, 0.29) is 23.9 Å². The Balaban J connectivity index is 4.25. The molecule has 0 aliphatic heterocycles. The number of hydrogen-bond donors (Lipinski definition) is 3. The summed E-state index contributed by atoms with van der Waals surface area (Å²) in [5.74, 6) is -0.419. The van der Waals surface area contributed by atoms with Crippen LogP contribution in [-0.2, 0) is 4.79 Å². The molecule has 5 nitrogen and oxygen atoms in total. The van der Waals surface area contributed by atoms with Crippen LogP contribution >= 0.6 is 0 Å². The lowest BCUT2D eigenvalue weighted by Crippen LogP contribution is -2.49. The minimum atomic E-state index is -0.816. The zero-order chi connectivity index (χ0) is 15.8. The smallest absolute Gasteiger partial charge is 0.315 e. The van der Waals surface area contributed by atoms with E-state index in [1.54, 1.807) is 0 Å². The fourth-order valence-corrected chi connectivity index (χ4v) is 2.43. The third-order valence-electron chi connectivity index (χ3n) is 3.15. The molecule has 0 bridgehead atoms. The average Bonchev–Trinajstić information content (AvgIpc) is 2.23. The summed E-state index contributed by atoms with van der Waals surface area (Å²) in [5, 5.41) is 14.6. The summed E-state index contributed by atoms with van der Waals surface area (Å²) in [7, 11) is 0. The highest BCUT2D eigenvalue weighted by Crippen LogP contribution is 2.15. The van der Waals surface area contributed by atoms with Crippen LogP contribution in [-0.4, -0.2) is 29.2 Å². The number of nitrogens with one attached hydrogen (secondary N) is 2. The first kappa shape index (κ1) is 18.7. The van der Waals surface area contributed by atoms with Crippen LogP contribution in [0.2, 0.25) is 0 Å². The number of carboxylic acid groups (broad SMARTS) is 1. The third kappa shape index (κ3) is 9.64. The molecule has 3 N–H and O–H groups in total. The molecule has 118 valence electrons. The molecule has 5 heteroatoms. The van der Waals surface area contributed by atoms with E-state index in [1.807, 2.05) is 13.8 Å². The fraction of sp³-hybridized carbons (Fsp3) is 0.867. The maximum atomic E-state index is 11.8. The molecule has 20 heavy (non-hydrogen) atoms. The highest BCUT2D eigenvalue weighted by atomic mass is 16.4. The number of hydrogen-bond acceptors (Lipinski definition) is 2. The standard InChI is InChI=1S/C15H30N2O3/c1-6-7-15(4,5)17-14(20)16-10-12(8-11(2)3)9-13(18)19/h11-12H,6-10H2,1-5H3,(H,18,19)(H2,16,17,20)/t12-/m0/s1. The van der Waals surface area contributed by atoms with E-state index in [0.29, 0.717) is 12.5 Å². The Morgan fingerprint density at radius 1 is 1.25 bits per heavy atom. The van der Waals surface area contributed by atoms with Gasteiger partial charge in [-0.05, 0) is 38.5 Å². The number of carbonyl (C=O) groups excluding carboxylic acids is 1. The summed E-state index contributed by atoms with van der Waals surface area (Å²) in [6.07, 6.45) is 2.80. The largest absolute Gasteiger partial charge is 0.481 e. The van der Waals surface area contributed by atoms with E-state index in [0.717, 1.165) is 19.3 Å². The Morgan fingerprint density at radius 2 is 1.85 bits per heavy atom. The van der Waals surface area contributed by atoms with Gasteiger partial charge in [0.1, 0.15) is 0 Å². The van der Waals surface area contributed by atoms with Crippen LogP contribution < -0.4 is 10.6 Å². The number of carboxylic acids is 1. The van der Waals surface area contributed by atoms with E-state index < -0.39 is 5.97 Å². The molecule has 0 aliphatic rings. The molecule has 0 rings (SSSR count). The van der Waals surface area contributed by atoms with Gasteiger partial charge in [0.05, 0.1) is 0 Å². The van der Waals surface area contributed by atoms with Gasteiger partial charge in [-0.25, -0.2) is 4.79 Å². The molecular formula is C15H30N2O3. The molecule has 0 aliphatic carbocycles. The lowest BCUT2D eigenvalue weighted by atomic mass is 9.94. The van der Waals surface area contributed by atoms with E-state index in [2.05, 4.69) is 31.4 Å². The normalized spacial score (nSPS) is 13.1. The van der Waals surface area contributed by atoms with Crippen molar-refractivity contribution in [2.24, 2.45) is 11.8 Å². The molecule has 0 fully saturated rings. The Hall–Kier alpha value is -1.26. The summed E-state index contributed by atoms with van der Waals surface area (Å²) in [6.45, 7) is 10.6. The molecule has 0 aromatic heterocycles. The predicted octanol–water partition coefficient (Wildman–Crippen LogP) is 3.00. The van der Waals surface area contributed by atoms with Gasteiger partial charge >= 0.3 is 12.0 Å². The van der Waals surface area contributed by atoms with Crippen LogP contribution in [0.5, 0.6) is 0 Å². The van der Waals surface area contributed by atoms with Gasteiger partial charge in [0.15, 0.2) is 0 Å². The fourth-order valence-electron chi connectivity index (χ4n) is 2.43. The van der Waals surface area contributed by atoms with Crippen LogP contribution in [0.4, 0.5) is 4.79 Å². The SMILES string of the molecule is CCCC(C)(C)NC(=O)NC[C@H](CC(=O)O)CC(C)C. The summed E-state index contributed by atoms with van der Waals surface area (Å²) in [6, 6.07) is -0.220. The van der Waals surface area contributed by atoms with Crippen molar-refractivity contribution in [2.75, 3.05) is 6.54 Å². The van der Waals surface area contributed by atoms with Crippen molar-refractivity contribution in [3.63, 3.8) is 0 Å². The zero-order valence-electron chi connectivity index (χ0n) is 13.5.